The van der Waals surface area contributed by atoms with E-state index >= 15 is 0 Å². The van der Waals surface area contributed by atoms with E-state index in [1.54, 1.807) is 0 Å². The lowest BCUT2D eigenvalue weighted by Crippen LogP contribution is -2.38. The summed E-state index contributed by atoms with van der Waals surface area (Å²) in [6.45, 7) is 5.41. The second-order valence-electron chi connectivity index (χ2n) is 6.34. The summed E-state index contributed by atoms with van der Waals surface area (Å²) in [7, 11) is 0. The van der Waals surface area contributed by atoms with Crippen LogP contribution in [-0.4, -0.2) is 21.4 Å². The Morgan fingerprint density at radius 3 is 2.76 bits per heavy atom. The average molecular weight is 281 g/mol. The van der Waals surface area contributed by atoms with Crippen molar-refractivity contribution in [3.63, 3.8) is 0 Å². The molecule has 0 aromatic carbocycles. The molecule has 1 saturated carbocycles. The highest BCUT2D eigenvalue weighted by Gasteiger charge is 2.26. The van der Waals surface area contributed by atoms with Crippen molar-refractivity contribution < 1.29 is 0 Å². The normalized spacial score (nSPS) is 16.1. The lowest BCUT2D eigenvalue weighted by Gasteiger charge is -2.32. The molecule has 0 aliphatic heterocycles. The predicted molar refractivity (Wildman–Crippen MR) is 85.0 cm³/mol. The van der Waals surface area contributed by atoms with Gasteiger partial charge < -0.3 is 4.40 Å². The highest BCUT2D eigenvalue weighted by atomic mass is 15.2. The smallest absolute Gasteiger partial charge is 0.102 e. The summed E-state index contributed by atoms with van der Waals surface area (Å²) in [5.74, 6) is 0. The van der Waals surface area contributed by atoms with E-state index in [0.29, 0.717) is 12.1 Å². The van der Waals surface area contributed by atoms with Gasteiger partial charge in [-0.2, -0.15) is 5.26 Å². The third-order valence-electron chi connectivity index (χ3n) is 4.68. The molecule has 110 valence electrons. The van der Waals surface area contributed by atoms with Crippen LogP contribution in [0.4, 0.5) is 0 Å². The van der Waals surface area contributed by atoms with Crippen molar-refractivity contribution in [2.75, 3.05) is 0 Å². The number of fused-ring (bicyclic) bond motifs is 1. The number of hydrogen-bond donors (Lipinski definition) is 0. The van der Waals surface area contributed by atoms with Crippen LogP contribution in [0.25, 0.3) is 5.52 Å². The number of nitriles is 1. The monoisotopic (exact) mass is 281 g/mol. The molecule has 0 saturated heterocycles. The molecular formula is C18H23N3. The molecule has 0 atom stereocenters. The Labute approximate surface area is 126 Å². The SMILES string of the molecule is CC(C)N(Cc1cn2ccccc2c1C#N)C1CCCC1. The van der Waals surface area contributed by atoms with Crippen LogP contribution in [-0.2, 0) is 6.54 Å². The molecule has 2 aromatic heterocycles. The van der Waals surface area contributed by atoms with Crippen molar-refractivity contribution in [3.8, 4) is 6.07 Å². The van der Waals surface area contributed by atoms with Gasteiger partial charge in [0, 0.05) is 36.6 Å². The van der Waals surface area contributed by atoms with Crippen LogP contribution < -0.4 is 0 Å². The molecule has 0 unspecified atom stereocenters. The highest BCUT2D eigenvalue weighted by Crippen LogP contribution is 2.28. The Hall–Kier alpha value is -1.79. The highest BCUT2D eigenvalue weighted by molar-refractivity contribution is 5.65. The number of rotatable bonds is 4. The summed E-state index contributed by atoms with van der Waals surface area (Å²) >= 11 is 0. The van der Waals surface area contributed by atoms with E-state index in [1.807, 2.05) is 24.4 Å². The first-order chi connectivity index (χ1) is 10.2. The minimum absolute atomic E-state index is 0.516. The summed E-state index contributed by atoms with van der Waals surface area (Å²) < 4.78 is 2.07. The van der Waals surface area contributed by atoms with Crippen LogP contribution in [0, 0.1) is 11.3 Å². The molecule has 1 fully saturated rings. The van der Waals surface area contributed by atoms with Gasteiger partial charge in [0.25, 0.3) is 0 Å². The van der Waals surface area contributed by atoms with Gasteiger partial charge in [-0.05, 0) is 38.8 Å². The molecule has 21 heavy (non-hydrogen) atoms. The van der Waals surface area contributed by atoms with Crippen molar-refractivity contribution in [3.05, 3.63) is 41.7 Å². The zero-order valence-electron chi connectivity index (χ0n) is 12.9. The summed E-state index contributed by atoms with van der Waals surface area (Å²) in [6, 6.07) is 9.63. The van der Waals surface area contributed by atoms with Gasteiger partial charge in [-0.1, -0.05) is 18.9 Å². The van der Waals surface area contributed by atoms with E-state index in [1.165, 1.54) is 25.7 Å². The molecule has 3 heteroatoms. The van der Waals surface area contributed by atoms with E-state index in [4.69, 9.17) is 0 Å². The second kappa shape index (κ2) is 5.91. The summed E-state index contributed by atoms with van der Waals surface area (Å²) in [5.41, 5.74) is 3.01. The minimum atomic E-state index is 0.516. The van der Waals surface area contributed by atoms with E-state index in [0.717, 1.165) is 23.2 Å². The molecule has 0 amide bonds. The molecule has 3 rings (SSSR count). The van der Waals surface area contributed by atoms with Gasteiger partial charge in [0.05, 0.1) is 11.1 Å². The molecule has 2 heterocycles. The number of hydrogen-bond acceptors (Lipinski definition) is 2. The van der Waals surface area contributed by atoms with Crippen LogP contribution in [0.3, 0.4) is 0 Å². The van der Waals surface area contributed by atoms with Gasteiger partial charge in [-0.25, -0.2) is 0 Å². The summed E-state index contributed by atoms with van der Waals surface area (Å²) in [4.78, 5) is 2.57. The maximum atomic E-state index is 9.54. The Morgan fingerprint density at radius 2 is 2.10 bits per heavy atom. The fourth-order valence-corrected chi connectivity index (χ4v) is 3.59. The zero-order chi connectivity index (χ0) is 14.8. The lowest BCUT2D eigenvalue weighted by molar-refractivity contribution is 0.146. The average Bonchev–Trinajstić information content (AvgIpc) is 3.11. The minimum Gasteiger partial charge on any atom is -0.322 e. The van der Waals surface area contributed by atoms with Crippen molar-refractivity contribution in [2.24, 2.45) is 0 Å². The number of pyridine rings is 1. The zero-order valence-corrected chi connectivity index (χ0v) is 12.9. The Morgan fingerprint density at radius 1 is 1.33 bits per heavy atom. The maximum absolute atomic E-state index is 9.54. The van der Waals surface area contributed by atoms with Crippen molar-refractivity contribution >= 4 is 5.52 Å². The van der Waals surface area contributed by atoms with Crippen molar-refractivity contribution in [1.82, 2.24) is 9.30 Å². The fourth-order valence-electron chi connectivity index (χ4n) is 3.59. The van der Waals surface area contributed by atoms with E-state index in [2.05, 4.69) is 35.4 Å². The van der Waals surface area contributed by atoms with Gasteiger partial charge >= 0.3 is 0 Å². The van der Waals surface area contributed by atoms with Gasteiger partial charge in [-0.15, -0.1) is 0 Å². The molecular weight excluding hydrogens is 258 g/mol. The molecule has 1 aliphatic rings. The maximum Gasteiger partial charge on any atom is 0.102 e. The quantitative estimate of drug-likeness (QED) is 0.849. The van der Waals surface area contributed by atoms with E-state index < -0.39 is 0 Å². The molecule has 0 N–H and O–H groups in total. The van der Waals surface area contributed by atoms with Gasteiger partial charge in [0.1, 0.15) is 6.07 Å². The number of aromatic nitrogens is 1. The standard InChI is InChI=1S/C18H23N3/c1-14(2)21(16-7-3-4-8-16)13-15-12-20-10-6-5-9-18(20)17(15)11-19/h5-6,9-10,12,14,16H,3-4,7-8,13H2,1-2H3. The number of nitrogens with zero attached hydrogens (tertiary/aromatic N) is 3. The van der Waals surface area contributed by atoms with Gasteiger partial charge in [-0.3, -0.25) is 4.90 Å². The van der Waals surface area contributed by atoms with Crippen molar-refractivity contribution in [1.29, 1.82) is 5.26 Å². The van der Waals surface area contributed by atoms with Crippen molar-refractivity contribution in [2.45, 2.75) is 58.2 Å². The molecule has 3 nitrogen and oxygen atoms in total. The summed E-state index contributed by atoms with van der Waals surface area (Å²) in [6.07, 6.45) is 9.43. The van der Waals surface area contributed by atoms with Crippen LogP contribution in [0.1, 0.15) is 50.7 Å². The molecule has 2 aromatic rings. The summed E-state index contributed by atoms with van der Waals surface area (Å²) in [5, 5.41) is 9.54. The first-order valence-corrected chi connectivity index (χ1v) is 7.95. The van der Waals surface area contributed by atoms with E-state index in [-0.39, 0.29) is 0 Å². The molecule has 0 radical (unpaired) electrons. The van der Waals surface area contributed by atoms with Crippen LogP contribution in [0.5, 0.6) is 0 Å². The van der Waals surface area contributed by atoms with Crippen LogP contribution in [0.15, 0.2) is 30.6 Å². The third-order valence-corrected chi connectivity index (χ3v) is 4.68. The molecule has 0 spiro atoms. The van der Waals surface area contributed by atoms with Crippen LogP contribution in [0.2, 0.25) is 0 Å². The largest absolute Gasteiger partial charge is 0.322 e. The fraction of sp³-hybridized carbons (Fsp3) is 0.500. The Kier molecular flexibility index (Phi) is 3.98. The Balaban J connectivity index is 1.94. The van der Waals surface area contributed by atoms with Crippen LogP contribution >= 0.6 is 0 Å². The van der Waals surface area contributed by atoms with E-state index in [9.17, 15) is 5.26 Å². The molecule has 1 aliphatic carbocycles. The lowest BCUT2D eigenvalue weighted by atomic mass is 10.1. The third kappa shape index (κ3) is 2.69. The Bertz CT molecular complexity index is 657. The second-order valence-corrected chi connectivity index (χ2v) is 6.34. The molecule has 0 bridgehead atoms. The predicted octanol–water partition coefficient (Wildman–Crippen LogP) is 3.96. The topological polar surface area (TPSA) is 31.4 Å². The van der Waals surface area contributed by atoms with Gasteiger partial charge in [0.2, 0.25) is 0 Å². The first-order valence-electron chi connectivity index (χ1n) is 7.95. The van der Waals surface area contributed by atoms with Gasteiger partial charge in [0.15, 0.2) is 0 Å². The first kappa shape index (κ1) is 14.2.